The molecule has 1 fully saturated rings. The Morgan fingerprint density at radius 1 is 1.50 bits per heavy atom. The van der Waals surface area contributed by atoms with Crippen LogP contribution in [0.15, 0.2) is 0 Å². The Kier molecular flexibility index (Phi) is 4.73. The average Bonchev–Trinajstić information content (AvgIpc) is 2.60. The summed E-state index contributed by atoms with van der Waals surface area (Å²) in [5.74, 6) is 0.113. The number of aliphatic hydroxyl groups is 1. The third kappa shape index (κ3) is 4.01. The summed E-state index contributed by atoms with van der Waals surface area (Å²) >= 11 is 0. The van der Waals surface area contributed by atoms with E-state index in [9.17, 15) is 13.5 Å². The molecule has 0 aromatic heterocycles. The van der Waals surface area contributed by atoms with Crippen molar-refractivity contribution in [1.29, 1.82) is 0 Å². The summed E-state index contributed by atoms with van der Waals surface area (Å²) < 4.78 is 28.0. The van der Waals surface area contributed by atoms with Gasteiger partial charge in [0.25, 0.3) is 0 Å². The molecule has 1 heterocycles. The number of ether oxygens (including phenoxy) is 1. The second kappa shape index (κ2) is 5.44. The predicted octanol–water partition coefficient (Wildman–Crippen LogP) is -0.449. The molecule has 16 heavy (non-hydrogen) atoms. The minimum absolute atomic E-state index is 0.113. The average molecular weight is 251 g/mol. The van der Waals surface area contributed by atoms with Crippen LogP contribution in [0, 0.1) is 0 Å². The van der Waals surface area contributed by atoms with Gasteiger partial charge < -0.3 is 15.2 Å². The quantitative estimate of drug-likeness (QED) is 0.625. The molecule has 1 aliphatic heterocycles. The monoisotopic (exact) mass is 251 g/mol. The van der Waals surface area contributed by atoms with Crippen LogP contribution in [0.2, 0.25) is 0 Å². The van der Waals surface area contributed by atoms with Gasteiger partial charge in [-0.1, -0.05) is 0 Å². The van der Waals surface area contributed by atoms with Crippen molar-refractivity contribution in [3.05, 3.63) is 0 Å². The molecule has 0 aromatic rings. The Bertz CT molecular complexity index is 307. The van der Waals surface area contributed by atoms with Crippen LogP contribution in [-0.4, -0.2) is 56.4 Å². The molecular weight excluding hydrogens is 230 g/mol. The van der Waals surface area contributed by atoms with Gasteiger partial charge in [0.2, 0.25) is 0 Å². The van der Waals surface area contributed by atoms with Crippen molar-refractivity contribution in [2.45, 2.75) is 31.1 Å². The van der Waals surface area contributed by atoms with Gasteiger partial charge in [-0.05, 0) is 13.8 Å². The maximum atomic E-state index is 11.5. The molecule has 1 atom stereocenters. The largest absolute Gasteiger partial charge is 0.386 e. The van der Waals surface area contributed by atoms with Crippen LogP contribution in [0.3, 0.4) is 0 Å². The molecule has 0 saturated carbocycles. The van der Waals surface area contributed by atoms with Crippen LogP contribution in [-0.2, 0) is 14.6 Å². The minimum atomic E-state index is -2.99. The fourth-order valence-electron chi connectivity index (χ4n) is 1.51. The summed E-state index contributed by atoms with van der Waals surface area (Å²) in [5.41, 5.74) is -0.818. The first-order chi connectivity index (χ1) is 7.36. The van der Waals surface area contributed by atoms with E-state index in [4.69, 9.17) is 4.74 Å². The molecule has 0 aromatic carbocycles. The second-order valence-electron chi connectivity index (χ2n) is 4.62. The van der Waals surface area contributed by atoms with Gasteiger partial charge >= 0.3 is 0 Å². The SMILES string of the molecule is CC(C)S(=O)(=O)CCNCC1(O)CCOC1. The van der Waals surface area contributed by atoms with Gasteiger partial charge in [0.15, 0.2) is 9.84 Å². The Hall–Kier alpha value is -0.170. The summed E-state index contributed by atoms with van der Waals surface area (Å²) in [7, 11) is -2.99. The highest BCUT2D eigenvalue weighted by molar-refractivity contribution is 7.92. The molecule has 5 nitrogen and oxygen atoms in total. The van der Waals surface area contributed by atoms with Crippen molar-refractivity contribution >= 4 is 9.84 Å². The Balaban J connectivity index is 2.22. The van der Waals surface area contributed by atoms with Crippen molar-refractivity contribution in [3.8, 4) is 0 Å². The number of hydrogen-bond acceptors (Lipinski definition) is 5. The fourth-order valence-corrected chi connectivity index (χ4v) is 2.41. The lowest BCUT2D eigenvalue weighted by molar-refractivity contribution is 0.0276. The molecule has 1 saturated heterocycles. The highest BCUT2D eigenvalue weighted by atomic mass is 32.2. The Morgan fingerprint density at radius 3 is 2.69 bits per heavy atom. The smallest absolute Gasteiger partial charge is 0.153 e. The normalized spacial score (nSPS) is 26.5. The van der Waals surface area contributed by atoms with Crippen molar-refractivity contribution in [3.63, 3.8) is 0 Å². The number of nitrogens with one attached hydrogen (secondary N) is 1. The molecule has 0 amide bonds. The van der Waals surface area contributed by atoms with E-state index < -0.39 is 15.4 Å². The molecule has 0 spiro atoms. The van der Waals surface area contributed by atoms with Crippen LogP contribution in [0.4, 0.5) is 0 Å². The van der Waals surface area contributed by atoms with Gasteiger partial charge in [-0.2, -0.15) is 0 Å². The van der Waals surface area contributed by atoms with Crippen LogP contribution in [0.25, 0.3) is 0 Å². The lowest BCUT2D eigenvalue weighted by Crippen LogP contribution is -2.42. The molecule has 1 aliphatic rings. The van der Waals surface area contributed by atoms with Crippen LogP contribution < -0.4 is 5.32 Å². The maximum absolute atomic E-state index is 11.5. The zero-order valence-electron chi connectivity index (χ0n) is 9.90. The number of rotatable bonds is 6. The minimum Gasteiger partial charge on any atom is -0.386 e. The molecule has 1 unspecified atom stereocenters. The maximum Gasteiger partial charge on any atom is 0.153 e. The van der Waals surface area contributed by atoms with E-state index in [2.05, 4.69) is 5.32 Å². The molecular formula is C10H21NO4S. The van der Waals surface area contributed by atoms with E-state index >= 15 is 0 Å². The third-order valence-corrected chi connectivity index (χ3v) is 5.03. The number of sulfone groups is 1. The van der Waals surface area contributed by atoms with Crippen molar-refractivity contribution in [2.75, 3.05) is 32.1 Å². The van der Waals surface area contributed by atoms with Gasteiger partial charge in [-0.15, -0.1) is 0 Å². The molecule has 2 N–H and O–H groups in total. The second-order valence-corrected chi connectivity index (χ2v) is 7.30. The van der Waals surface area contributed by atoms with Gasteiger partial charge in [-0.25, -0.2) is 8.42 Å². The van der Waals surface area contributed by atoms with E-state index in [0.29, 0.717) is 32.7 Å². The summed E-state index contributed by atoms with van der Waals surface area (Å²) in [4.78, 5) is 0. The van der Waals surface area contributed by atoms with Crippen LogP contribution in [0.1, 0.15) is 20.3 Å². The highest BCUT2D eigenvalue weighted by Gasteiger charge is 2.31. The highest BCUT2D eigenvalue weighted by Crippen LogP contribution is 2.16. The zero-order chi connectivity index (χ0) is 12.2. The van der Waals surface area contributed by atoms with Crippen molar-refractivity contribution in [2.24, 2.45) is 0 Å². The third-order valence-electron chi connectivity index (χ3n) is 2.82. The van der Waals surface area contributed by atoms with E-state index in [1.807, 2.05) is 0 Å². The lowest BCUT2D eigenvalue weighted by Gasteiger charge is -2.20. The van der Waals surface area contributed by atoms with E-state index in [0.717, 1.165) is 0 Å². The lowest BCUT2D eigenvalue weighted by atomic mass is 10.0. The van der Waals surface area contributed by atoms with E-state index in [1.54, 1.807) is 13.8 Å². The van der Waals surface area contributed by atoms with Gasteiger partial charge in [0.1, 0.15) is 5.60 Å². The van der Waals surface area contributed by atoms with Crippen molar-refractivity contribution in [1.82, 2.24) is 5.32 Å². The molecule has 6 heteroatoms. The predicted molar refractivity (Wildman–Crippen MR) is 62.2 cm³/mol. The molecule has 0 radical (unpaired) electrons. The van der Waals surface area contributed by atoms with Gasteiger partial charge in [0.05, 0.1) is 17.6 Å². The first kappa shape index (κ1) is 13.9. The van der Waals surface area contributed by atoms with E-state index in [1.165, 1.54) is 0 Å². The Labute approximate surface area is 97.1 Å². The first-order valence-corrected chi connectivity index (χ1v) is 7.30. The molecule has 0 aliphatic carbocycles. The molecule has 1 rings (SSSR count). The summed E-state index contributed by atoms with van der Waals surface area (Å²) in [6, 6.07) is 0. The number of hydrogen-bond donors (Lipinski definition) is 2. The first-order valence-electron chi connectivity index (χ1n) is 5.58. The summed E-state index contributed by atoms with van der Waals surface area (Å²) in [5, 5.41) is 12.5. The van der Waals surface area contributed by atoms with Crippen molar-refractivity contribution < 1.29 is 18.3 Å². The fraction of sp³-hybridized carbons (Fsp3) is 1.00. The van der Waals surface area contributed by atoms with Gasteiger partial charge in [0, 0.05) is 26.1 Å². The van der Waals surface area contributed by atoms with Crippen LogP contribution >= 0.6 is 0 Å². The molecule has 0 bridgehead atoms. The van der Waals surface area contributed by atoms with Gasteiger partial charge in [-0.3, -0.25) is 0 Å². The van der Waals surface area contributed by atoms with E-state index in [-0.39, 0.29) is 11.0 Å². The zero-order valence-corrected chi connectivity index (χ0v) is 10.7. The standard InChI is InChI=1S/C10H21NO4S/c1-9(2)16(13,14)6-4-11-7-10(12)3-5-15-8-10/h9,11-12H,3-8H2,1-2H3. The summed E-state index contributed by atoms with van der Waals surface area (Å²) in [6.07, 6.45) is 0.608. The summed E-state index contributed by atoms with van der Waals surface area (Å²) in [6.45, 7) is 5.02. The Morgan fingerprint density at radius 2 is 2.19 bits per heavy atom. The van der Waals surface area contributed by atoms with Crippen LogP contribution in [0.5, 0.6) is 0 Å². The molecule has 96 valence electrons. The topological polar surface area (TPSA) is 75.6 Å².